The summed E-state index contributed by atoms with van der Waals surface area (Å²) in [6.45, 7) is 1.94. The van der Waals surface area contributed by atoms with Gasteiger partial charge in [-0.15, -0.1) is 0 Å². The molecule has 0 fully saturated rings. The first-order valence-corrected chi connectivity index (χ1v) is 13.2. The van der Waals surface area contributed by atoms with Gasteiger partial charge in [0.1, 0.15) is 11.6 Å². The summed E-state index contributed by atoms with van der Waals surface area (Å²) in [7, 11) is -3.85. The van der Waals surface area contributed by atoms with Crippen molar-refractivity contribution in [2.75, 3.05) is 17.1 Å². The molecule has 1 N–H and O–H groups in total. The molecule has 1 heterocycles. The topological polar surface area (TPSA) is 102 Å². The summed E-state index contributed by atoms with van der Waals surface area (Å²) in [6, 6.07) is 19.3. The smallest absolute Gasteiger partial charge is 0.263 e. The van der Waals surface area contributed by atoms with Gasteiger partial charge in [0.05, 0.1) is 17.3 Å². The standard InChI is InChI=1S/C25H26N2O5S2/c1-19(28)33-18-24(29)21-10-15-25(26-17-21)27-34(30,31)23-13-11-22(12-14-23)32-16-6-5-9-20-7-3-2-4-8-20/h2-4,7-8,10-15,17H,5-6,9,16,18H2,1H3,(H,26,27). The molecule has 0 spiro atoms. The van der Waals surface area contributed by atoms with E-state index in [0.717, 1.165) is 31.0 Å². The Kier molecular flexibility index (Phi) is 9.24. The minimum absolute atomic E-state index is 0.0174. The highest BCUT2D eigenvalue weighted by Gasteiger charge is 2.16. The lowest BCUT2D eigenvalue weighted by Crippen LogP contribution is -2.14. The lowest BCUT2D eigenvalue weighted by molar-refractivity contribution is -0.109. The highest BCUT2D eigenvalue weighted by atomic mass is 32.2. The highest BCUT2D eigenvalue weighted by Crippen LogP contribution is 2.19. The van der Waals surface area contributed by atoms with E-state index in [4.69, 9.17) is 4.74 Å². The summed E-state index contributed by atoms with van der Waals surface area (Å²) < 4.78 is 33.4. The number of carbonyl (C=O) groups is 2. The number of hydrogen-bond donors (Lipinski definition) is 1. The van der Waals surface area contributed by atoms with Gasteiger partial charge >= 0.3 is 0 Å². The summed E-state index contributed by atoms with van der Waals surface area (Å²) >= 11 is 0.915. The maximum absolute atomic E-state index is 12.6. The first-order valence-electron chi connectivity index (χ1n) is 10.8. The molecule has 9 heteroatoms. The zero-order valence-electron chi connectivity index (χ0n) is 18.8. The molecule has 7 nitrogen and oxygen atoms in total. The molecule has 0 bridgehead atoms. The van der Waals surface area contributed by atoms with Crippen molar-refractivity contribution >= 4 is 38.5 Å². The van der Waals surface area contributed by atoms with Gasteiger partial charge < -0.3 is 4.74 Å². The Morgan fingerprint density at radius 2 is 1.71 bits per heavy atom. The number of nitrogens with one attached hydrogen (secondary N) is 1. The molecule has 3 rings (SSSR count). The maximum Gasteiger partial charge on any atom is 0.263 e. The van der Waals surface area contributed by atoms with Crippen LogP contribution in [-0.4, -0.2) is 36.7 Å². The number of rotatable bonds is 12. The number of nitrogens with zero attached hydrogens (tertiary/aromatic N) is 1. The molecule has 0 saturated carbocycles. The van der Waals surface area contributed by atoms with Crippen molar-refractivity contribution in [3.8, 4) is 5.75 Å². The number of aryl methyl sites for hydroxylation is 1. The second-order valence-corrected chi connectivity index (χ2v) is 10.3. The lowest BCUT2D eigenvalue weighted by Gasteiger charge is -2.10. The number of benzene rings is 2. The molecule has 0 aliphatic heterocycles. The number of ketones is 1. The third-order valence-corrected chi connectivity index (χ3v) is 7.02. The van der Waals surface area contributed by atoms with Crippen LogP contribution < -0.4 is 9.46 Å². The third-order valence-electron chi connectivity index (χ3n) is 4.84. The van der Waals surface area contributed by atoms with E-state index in [2.05, 4.69) is 21.8 Å². The largest absolute Gasteiger partial charge is 0.494 e. The number of hydrogen-bond acceptors (Lipinski definition) is 7. The van der Waals surface area contributed by atoms with Gasteiger partial charge in [-0.3, -0.25) is 14.3 Å². The van der Waals surface area contributed by atoms with Crippen molar-refractivity contribution in [2.24, 2.45) is 0 Å². The Hall–Kier alpha value is -3.17. The molecule has 1 aromatic heterocycles. The Morgan fingerprint density at radius 3 is 2.35 bits per heavy atom. The van der Waals surface area contributed by atoms with E-state index in [1.807, 2.05) is 18.2 Å². The molecule has 0 aliphatic rings. The first kappa shape index (κ1) is 25.5. The molecule has 0 saturated heterocycles. The fourth-order valence-corrected chi connectivity index (χ4v) is 4.56. The average Bonchev–Trinajstić information content (AvgIpc) is 2.83. The number of thioether (sulfide) groups is 1. The minimum atomic E-state index is -3.85. The summed E-state index contributed by atoms with van der Waals surface area (Å²) in [5.74, 6) is 0.458. The van der Waals surface area contributed by atoms with Crippen LogP contribution in [0.15, 0.2) is 77.8 Å². The van der Waals surface area contributed by atoms with Crippen molar-refractivity contribution in [2.45, 2.75) is 31.1 Å². The van der Waals surface area contributed by atoms with Crippen LogP contribution in [0.1, 0.15) is 35.7 Å². The van der Waals surface area contributed by atoms with E-state index in [1.54, 1.807) is 12.1 Å². The summed E-state index contributed by atoms with van der Waals surface area (Å²) in [6.07, 6.45) is 4.19. The number of anilines is 1. The molecule has 34 heavy (non-hydrogen) atoms. The van der Waals surface area contributed by atoms with Crippen LogP contribution >= 0.6 is 11.8 Å². The lowest BCUT2D eigenvalue weighted by atomic mass is 10.1. The van der Waals surface area contributed by atoms with E-state index in [9.17, 15) is 18.0 Å². The molecule has 0 aliphatic carbocycles. The van der Waals surface area contributed by atoms with E-state index in [1.165, 1.54) is 42.9 Å². The molecule has 0 atom stereocenters. The number of unbranched alkanes of at least 4 members (excludes halogenated alkanes) is 1. The van der Waals surface area contributed by atoms with Crippen LogP contribution in [0.5, 0.6) is 5.75 Å². The molecule has 0 unspecified atom stereocenters. The van der Waals surface area contributed by atoms with Gasteiger partial charge in [0, 0.05) is 18.7 Å². The Morgan fingerprint density at radius 1 is 0.971 bits per heavy atom. The van der Waals surface area contributed by atoms with Crippen molar-refractivity contribution in [1.82, 2.24) is 4.98 Å². The fraction of sp³-hybridized carbons (Fsp3) is 0.240. The molecule has 0 amide bonds. The quantitative estimate of drug-likeness (QED) is 0.284. The third kappa shape index (κ3) is 8.00. The molecular formula is C25H26N2O5S2. The van der Waals surface area contributed by atoms with Crippen molar-refractivity contribution in [3.05, 3.63) is 84.1 Å². The summed E-state index contributed by atoms with van der Waals surface area (Å²) in [4.78, 5) is 27.1. The number of aromatic nitrogens is 1. The maximum atomic E-state index is 12.6. The second kappa shape index (κ2) is 12.3. The predicted molar refractivity (Wildman–Crippen MR) is 134 cm³/mol. The van der Waals surface area contributed by atoms with Gasteiger partial charge in [0.15, 0.2) is 10.9 Å². The fourth-order valence-electron chi connectivity index (χ4n) is 3.05. The molecule has 3 aromatic rings. The number of sulfonamides is 1. The zero-order valence-corrected chi connectivity index (χ0v) is 20.4. The molecule has 0 radical (unpaired) electrons. The van der Waals surface area contributed by atoms with Crippen LogP contribution in [0.2, 0.25) is 0 Å². The minimum Gasteiger partial charge on any atom is -0.494 e. The monoisotopic (exact) mass is 498 g/mol. The van der Waals surface area contributed by atoms with Gasteiger partial charge in [-0.25, -0.2) is 13.4 Å². The summed E-state index contributed by atoms with van der Waals surface area (Å²) in [5, 5.41) is -0.148. The zero-order chi connectivity index (χ0) is 24.4. The van der Waals surface area contributed by atoms with Crippen LogP contribution in [0, 0.1) is 0 Å². The van der Waals surface area contributed by atoms with Crippen LogP contribution in [-0.2, 0) is 21.2 Å². The Labute approximate surface area is 204 Å². The Balaban J connectivity index is 1.48. The molecular weight excluding hydrogens is 472 g/mol. The SMILES string of the molecule is CC(=O)SCC(=O)c1ccc(NS(=O)(=O)c2ccc(OCCCCc3ccccc3)cc2)nc1. The van der Waals surface area contributed by atoms with Crippen LogP contribution in [0.4, 0.5) is 5.82 Å². The van der Waals surface area contributed by atoms with Crippen LogP contribution in [0.25, 0.3) is 0 Å². The highest BCUT2D eigenvalue weighted by molar-refractivity contribution is 8.14. The van der Waals surface area contributed by atoms with Gasteiger partial charge in [-0.1, -0.05) is 42.1 Å². The first-order chi connectivity index (χ1) is 16.3. The van der Waals surface area contributed by atoms with Gasteiger partial charge in [-0.05, 0) is 61.2 Å². The van der Waals surface area contributed by atoms with Crippen molar-refractivity contribution in [1.29, 1.82) is 0 Å². The Bertz CT molecular complexity index is 1200. The summed E-state index contributed by atoms with van der Waals surface area (Å²) in [5.41, 5.74) is 1.61. The van der Waals surface area contributed by atoms with E-state index >= 15 is 0 Å². The number of ether oxygens (including phenoxy) is 1. The number of Topliss-reactive ketones (excluding diaryl/α,β-unsaturated/α-hetero) is 1. The van der Waals surface area contributed by atoms with Gasteiger partial charge in [-0.2, -0.15) is 0 Å². The average molecular weight is 499 g/mol. The molecule has 2 aromatic carbocycles. The second-order valence-electron chi connectivity index (χ2n) is 7.50. The van der Waals surface area contributed by atoms with E-state index < -0.39 is 10.0 Å². The van der Waals surface area contributed by atoms with E-state index in [0.29, 0.717) is 17.9 Å². The van der Waals surface area contributed by atoms with Crippen molar-refractivity contribution in [3.63, 3.8) is 0 Å². The van der Waals surface area contributed by atoms with Gasteiger partial charge in [0.2, 0.25) is 0 Å². The number of pyridine rings is 1. The molecule has 178 valence electrons. The normalized spacial score (nSPS) is 11.1. The van der Waals surface area contributed by atoms with Gasteiger partial charge in [0.25, 0.3) is 10.0 Å². The number of carbonyl (C=O) groups excluding carboxylic acids is 2. The van der Waals surface area contributed by atoms with E-state index in [-0.39, 0.29) is 27.4 Å². The van der Waals surface area contributed by atoms with Crippen LogP contribution in [0.3, 0.4) is 0 Å². The van der Waals surface area contributed by atoms with Crippen molar-refractivity contribution < 1.29 is 22.7 Å². The predicted octanol–water partition coefficient (Wildman–Crippen LogP) is 4.75.